The molecule has 8 heteroatoms. The zero-order valence-corrected chi connectivity index (χ0v) is 19.2. The lowest BCUT2D eigenvalue weighted by molar-refractivity contribution is 0.241. The number of nitrogens with one attached hydrogen (secondary N) is 1. The summed E-state index contributed by atoms with van der Waals surface area (Å²) in [7, 11) is 0. The molecule has 0 amide bonds. The van der Waals surface area contributed by atoms with E-state index in [1.165, 1.54) is 0 Å². The third-order valence-electron chi connectivity index (χ3n) is 5.78. The molecule has 5 rings (SSSR count). The molecule has 33 heavy (non-hydrogen) atoms. The maximum Gasteiger partial charge on any atom is 0.255 e. The summed E-state index contributed by atoms with van der Waals surface area (Å²) >= 11 is 12.1. The largest absolute Gasteiger partial charge is 0.399 e. The van der Waals surface area contributed by atoms with Gasteiger partial charge in [0.25, 0.3) is 5.56 Å². The van der Waals surface area contributed by atoms with Crippen LogP contribution in [-0.2, 0) is 19.5 Å². The lowest BCUT2D eigenvalue weighted by atomic mass is 10.1. The smallest absolute Gasteiger partial charge is 0.255 e. The number of aromatic nitrogens is 3. The van der Waals surface area contributed by atoms with E-state index in [1.807, 2.05) is 42.6 Å². The van der Waals surface area contributed by atoms with Crippen LogP contribution in [-0.4, -0.2) is 26.4 Å². The van der Waals surface area contributed by atoms with Gasteiger partial charge in [-0.15, -0.1) is 0 Å². The Hall–Kier alpha value is -3.19. The van der Waals surface area contributed by atoms with Gasteiger partial charge in [-0.1, -0.05) is 35.3 Å². The fraction of sp³-hybridized carbons (Fsp3) is 0.160. The van der Waals surface area contributed by atoms with Crippen molar-refractivity contribution in [3.05, 3.63) is 98.0 Å². The van der Waals surface area contributed by atoms with E-state index in [-0.39, 0.29) is 5.56 Å². The number of anilines is 1. The quantitative estimate of drug-likeness (QED) is 0.406. The van der Waals surface area contributed by atoms with Gasteiger partial charge in [-0.3, -0.25) is 14.7 Å². The first kappa shape index (κ1) is 21.6. The number of rotatable bonds is 4. The second-order valence-corrected chi connectivity index (χ2v) is 8.92. The third kappa shape index (κ3) is 4.64. The summed E-state index contributed by atoms with van der Waals surface area (Å²) in [6, 6.07) is 16.8. The topological polar surface area (TPSA) is 87.9 Å². The van der Waals surface area contributed by atoms with Crippen molar-refractivity contribution in [1.29, 1.82) is 0 Å². The van der Waals surface area contributed by atoms with Crippen molar-refractivity contribution in [2.75, 3.05) is 12.3 Å². The van der Waals surface area contributed by atoms with Crippen molar-refractivity contribution >= 4 is 28.9 Å². The number of nitrogens with zero attached hydrogens (tertiary/aromatic N) is 3. The van der Waals surface area contributed by atoms with Crippen LogP contribution in [0.5, 0.6) is 0 Å². The van der Waals surface area contributed by atoms with Crippen LogP contribution < -0.4 is 11.3 Å². The van der Waals surface area contributed by atoms with Crippen LogP contribution in [0.2, 0.25) is 10.0 Å². The summed E-state index contributed by atoms with van der Waals surface area (Å²) in [5.74, 6) is 0.578. The molecule has 0 atom stereocenters. The summed E-state index contributed by atoms with van der Waals surface area (Å²) in [4.78, 5) is 27.3. The van der Waals surface area contributed by atoms with Gasteiger partial charge < -0.3 is 10.7 Å². The number of pyridine rings is 1. The number of halogens is 2. The van der Waals surface area contributed by atoms with Gasteiger partial charge >= 0.3 is 0 Å². The normalized spacial score (nSPS) is 13.6. The summed E-state index contributed by atoms with van der Waals surface area (Å²) in [6.45, 7) is 2.07. The van der Waals surface area contributed by atoms with Crippen LogP contribution in [0.15, 0.2) is 65.6 Å². The minimum absolute atomic E-state index is 0.0929. The average Bonchev–Trinajstić information content (AvgIpc) is 2.82. The molecule has 3 N–H and O–H groups in total. The monoisotopic (exact) mass is 477 g/mol. The van der Waals surface area contributed by atoms with Gasteiger partial charge in [0.2, 0.25) is 0 Å². The Balaban J connectivity index is 1.31. The zero-order valence-electron chi connectivity index (χ0n) is 17.7. The Morgan fingerprint density at radius 2 is 1.79 bits per heavy atom. The molecule has 6 nitrogen and oxygen atoms in total. The molecule has 166 valence electrons. The first-order valence-corrected chi connectivity index (χ1v) is 11.3. The Morgan fingerprint density at radius 1 is 1.00 bits per heavy atom. The minimum Gasteiger partial charge on any atom is -0.399 e. The first-order valence-electron chi connectivity index (χ1n) is 10.6. The standard InChI is InChI=1S/C25H21Cl2N5O/c26-20-7-4-17(11-21(20)27)22-8-1-15(12-29-22)13-32-10-9-23-19(14-32)25(33)31-24(30-23)16-2-5-18(28)6-3-16/h1-8,11-12H,9-10,13-14,28H2,(H,30,31,33). The maximum absolute atomic E-state index is 12.8. The lowest BCUT2D eigenvalue weighted by Gasteiger charge is -2.27. The first-order chi connectivity index (χ1) is 16.0. The van der Waals surface area contributed by atoms with E-state index < -0.39 is 0 Å². The maximum atomic E-state index is 12.8. The van der Waals surface area contributed by atoms with Crippen molar-refractivity contribution in [3.8, 4) is 22.6 Å². The molecule has 0 saturated heterocycles. The van der Waals surface area contributed by atoms with Gasteiger partial charge in [-0.2, -0.15) is 0 Å². The van der Waals surface area contributed by atoms with Crippen molar-refractivity contribution in [2.45, 2.75) is 19.5 Å². The van der Waals surface area contributed by atoms with Gasteiger partial charge in [-0.05, 0) is 48.0 Å². The molecule has 4 aromatic rings. The van der Waals surface area contributed by atoms with Crippen molar-refractivity contribution < 1.29 is 0 Å². The van der Waals surface area contributed by atoms with E-state index in [4.69, 9.17) is 33.9 Å². The van der Waals surface area contributed by atoms with Gasteiger partial charge in [-0.25, -0.2) is 4.98 Å². The number of hydrogen-bond acceptors (Lipinski definition) is 5. The highest BCUT2D eigenvalue weighted by molar-refractivity contribution is 6.42. The van der Waals surface area contributed by atoms with E-state index in [2.05, 4.69) is 14.9 Å². The van der Waals surface area contributed by atoms with Gasteiger partial charge in [0, 0.05) is 49.1 Å². The molecule has 3 heterocycles. The number of aromatic amines is 1. The minimum atomic E-state index is -0.0929. The molecule has 0 radical (unpaired) electrons. The average molecular weight is 478 g/mol. The fourth-order valence-electron chi connectivity index (χ4n) is 4.00. The highest BCUT2D eigenvalue weighted by atomic mass is 35.5. The van der Waals surface area contributed by atoms with E-state index in [0.29, 0.717) is 34.6 Å². The highest BCUT2D eigenvalue weighted by Gasteiger charge is 2.21. The van der Waals surface area contributed by atoms with E-state index >= 15 is 0 Å². The van der Waals surface area contributed by atoms with Gasteiger partial charge in [0.05, 0.1) is 27.0 Å². The molecule has 0 unspecified atom stereocenters. The molecule has 0 saturated carbocycles. The van der Waals surface area contributed by atoms with E-state index in [1.54, 1.807) is 18.2 Å². The summed E-state index contributed by atoms with van der Waals surface area (Å²) in [5, 5.41) is 1.03. The molecular weight excluding hydrogens is 457 g/mol. The predicted octanol–water partition coefficient (Wildman–Crippen LogP) is 4.95. The van der Waals surface area contributed by atoms with E-state index in [0.717, 1.165) is 46.6 Å². The van der Waals surface area contributed by atoms with Crippen molar-refractivity contribution in [3.63, 3.8) is 0 Å². The number of nitrogens with two attached hydrogens (primary N) is 1. The number of H-pyrrole nitrogens is 1. The van der Waals surface area contributed by atoms with Crippen LogP contribution in [0, 0.1) is 0 Å². The summed E-state index contributed by atoms with van der Waals surface area (Å²) in [6.07, 6.45) is 2.58. The molecule has 0 aliphatic carbocycles. The second kappa shape index (κ2) is 8.98. The predicted molar refractivity (Wildman–Crippen MR) is 132 cm³/mol. The van der Waals surface area contributed by atoms with Crippen LogP contribution in [0.4, 0.5) is 5.69 Å². The summed E-state index contributed by atoms with van der Waals surface area (Å²) < 4.78 is 0. The van der Waals surface area contributed by atoms with Crippen LogP contribution >= 0.6 is 23.2 Å². The Labute approximate surface area is 201 Å². The highest BCUT2D eigenvalue weighted by Crippen LogP contribution is 2.28. The third-order valence-corrected chi connectivity index (χ3v) is 6.52. The van der Waals surface area contributed by atoms with Gasteiger partial charge in [0.1, 0.15) is 5.82 Å². The fourth-order valence-corrected chi connectivity index (χ4v) is 4.29. The molecule has 2 aromatic heterocycles. The molecule has 1 aliphatic rings. The SMILES string of the molecule is Nc1ccc(-c2nc3c(c(=O)[nH]2)CN(Cc2ccc(-c4ccc(Cl)c(Cl)c4)nc2)CC3)cc1. The number of fused-ring (bicyclic) bond motifs is 1. The molecule has 0 fully saturated rings. The van der Waals surface area contributed by atoms with E-state index in [9.17, 15) is 4.79 Å². The number of hydrogen-bond donors (Lipinski definition) is 2. The molecular formula is C25H21Cl2N5O. The molecule has 0 spiro atoms. The van der Waals surface area contributed by atoms with Crippen molar-refractivity contribution in [2.24, 2.45) is 0 Å². The molecule has 1 aliphatic heterocycles. The second-order valence-electron chi connectivity index (χ2n) is 8.10. The summed E-state index contributed by atoms with van der Waals surface area (Å²) in [5.41, 5.74) is 11.6. The molecule has 0 bridgehead atoms. The lowest BCUT2D eigenvalue weighted by Crippen LogP contribution is -2.35. The zero-order chi connectivity index (χ0) is 22.9. The van der Waals surface area contributed by atoms with Crippen LogP contribution in [0.3, 0.4) is 0 Å². The Morgan fingerprint density at radius 3 is 2.52 bits per heavy atom. The molecule has 2 aromatic carbocycles. The van der Waals surface area contributed by atoms with Gasteiger partial charge in [0.15, 0.2) is 0 Å². The van der Waals surface area contributed by atoms with Crippen LogP contribution in [0.1, 0.15) is 16.8 Å². The Bertz CT molecular complexity index is 1370. The number of benzene rings is 2. The van der Waals surface area contributed by atoms with Crippen molar-refractivity contribution in [1.82, 2.24) is 19.9 Å². The van der Waals surface area contributed by atoms with Crippen LogP contribution in [0.25, 0.3) is 22.6 Å². The number of nitrogen functional groups attached to an aromatic ring is 1. The Kier molecular flexibility index (Phi) is 5.89.